The molecule has 20 heavy (non-hydrogen) atoms. The van der Waals surface area contributed by atoms with Crippen molar-refractivity contribution in [1.29, 1.82) is 0 Å². The summed E-state index contributed by atoms with van der Waals surface area (Å²) in [6.45, 7) is 3.06. The van der Waals surface area contributed by atoms with E-state index in [-0.39, 0.29) is 0 Å². The maximum Gasteiger partial charge on any atom is 0.122 e. The number of benzene rings is 2. The van der Waals surface area contributed by atoms with Gasteiger partial charge in [-0.05, 0) is 24.1 Å². The molecule has 0 aliphatic carbocycles. The second-order valence-electron chi connectivity index (χ2n) is 4.82. The fourth-order valence-corrected chi connectivity index (χ4v) is 2.63. The Hall–Kier alpha value is -1.87. The fourth-order valence-electron chi connectivity index (χ4n) is 2.36. The summed E-state index contributed by atoms with van der Waals surface area (Å²) in [5, 5.41) is 9.32. The average molecular weight is 286 g/mol. The van der Waals surface area contributed by atoms with Crippen LogP contribution in [0.5, 0.6) is 0 Å². The molecule has 0 atom stereocenters. The summed E-state index contributed by atoms with van der Waals surface area (Å²) in [5.74, 6) is 0. The van der Waals surface area contributed by atoms with Crippen molar-refractivity contribution < 1.29 is 0 Å². The molecule has 0 aliphatic heterocycles. The molecule has 3 aromatic rings. The number of rotatable bonds is 4. The summed E-state index contributed by atoms with van der Waals surface area (Å²) >= 11 is 6.37. The lowest BCUT2D eigenvalue weighted by atomic mass is 10.0. The second kappa shape index (κ2) is 5.63. The lowest BCUT2D eigenvalue weighted by Crippen LogP contribution is -1.99. The highest BCUT2D eigenvalue weighted by Crippen LogP contribution is 2.33. The minimum absolute atomic E-state index is 0.714. The zero-order chi connectivity index (χ0) is 13.9. The van der Waals surface area contributed by atoms with Gasteiger partial charge in [-0.2, -0.15) is 0 Å². The molecular weight excluding hydrogens is 270 g/mol. The van der Waals surface area contributed by atoms with Crippen molar-refractivity contribution >= 4 is 22.6 Å². The van der Waals surface area contributed by atoms with Gasteiger partial charge in [0.25, 0.3) is 0 Å². The van der Waals surface area contributed by atoms with Gasteiger partial charge in [0, 0.05) is 12.1 Å². The number of fused-ring (bicyclic) bond motifs is 1. The van der Waals surface area contributed by atoms with Crippen LogP contribution in [-0.2, 0) is 6.54 Å². The predicted octanol–water partition coefficient (Wildman–Crippen LogP) is 4.55. The normalized spacial score (nSPS) is 11.1. The van der Waals surface area contributed by atoms with E-state index in [4.69, 9.17) is 11.6 Å². The van der Waals surface area contributed by atoms with Gasteiger partial charge in [0.2, 0.25) is 0 Å². The van der Waals surface area contributed by atoms with Crippen LogP contribution in [0.2, 0.25) is 5.02 Å². The topological polar surface area (TPSA) is 30.7 Å². The first-order chi connectivity index (χ1) is 9.81. The molecule has 102 valence electrons. The Morgan fingerprint density at radius 1 is 1.10 bits per heavy atom. The van der Waals surface area contributed by atoms with E-state index in [1.54, 1.807) is 0 Å². The first kappa shape index (κ1) is 13.1. The third kappa shape index (κ3) is 2.29. The molecule has 0 aliphatic rings. The number of aromatic nitrogens is 3. The third-order valence-corrected chi connectivity index (χ3v) is 3.74. The Morgan fingerprint density at radius 2 is 1.90 bits per heavy atom. The molecule has 0 spiro atoms. The SMILES string of the molecule is CCCCn1nnc2c(-c3ccccc3)c(Cl)ccc21. The molecule has 0 radical (unpaired) electrons. The standard InChI is InChI=1S/C16H16ClN3/c1-2-3-11-20-14-10-9-13(17)15(16(14)18-19-20)12-7-5-4-6-8-12/h4-10H,2-3,11H2,1H3. The highest BCUT2D eigenvalue weighted by molar-refractivity contribution is 6.34. The lowest BCUT2D eigenvalue weighted by molar-refractivity contribution is 0.567. The first-order valence-corrected chi connectivity index (χ1v) is 7.26. The monoisotopic (exact) mass is 285 g/mol. The zero-order valence-electron chi connectivity index (χ0n) is 11.4. The average Bonchev–Trinajstić information content (AvgIpc) is 2.89. The van der Waals surface area contributed by atoms with Crippen molar-refractivity contribution in [2.45, 2.75) is 26.3 Å². The molecule has 3 rings (SSSR count). The van der Waals surface area contributed by atoms with E-state index in [0.29, 0.717) is 5.02 Å². The number of halogens is 1. The number of hydrogen-bond donors (Lipinski definition) is 0. The van der Waals surface area contributed by atoms with E-state index in [1.807, 2.05) is 47.1 Å². The number of unbranched alkanes of at least 4 members (excludes halogenated alkanes) is 1. The Morgan fingerprint density at radius 3 is 2.65 bits per heavy atom. The van der Waals surface area contributed by atoms with Gasteiger partial charge in [-0.1, -0.05) is 60.5 Å². The Balaban J connectivity index is 2.17. The van der Waals surface area contributed by atoms with E-state index in [9.17, 15) is 0 Å². The van der Waals surface area contributed by atoms with E-state index in [0.717, 1.165) is 41.5 Å². The minimum atomic E-state index is 0.714. The van der Waals surface area contributed by atoms with Gasteiger partial charge >= 0.3 is 0 Å². The quantitative estimate of drug-likeness (QED) is 0.704. The van der Waals surface area contributed by atoms with Crippen LogP contribution in [0.25, 0.3) is 22.2 Å². The van der Waals surface area contributed by atoms with E-state index < -0.39 is 0 Å². The van der Waals surface area contributed by atoms with Crippen molar-refractivity contribution in [3.05, 3.63) is 47.5 Å². The summed E-state index contributed by atoms with van der Waals surface area (Å²) in [5.41, 5.74) is 3.96. The van der Waals surface area contributed by atoms with Crippen molar-refractivity contribution in [1.82, 2.24) is 15.0 Å². The van der Waals surface area contributed by atoms with Crippen LogP contribution in [0, 0.1) is 0 Å². The van der Waals surface area contributed by atoms with Crippen LogP contribution < -0.4 is 0 Å². The van der Waals surface area contributed by atoms with Crippen molar-refractivity contribution in [3.8, 4) is 11.1 Å². The summed E-state index contributed by atoms with van der Waals surface area (Å²) in [4.78, 5) is 0. The minimum Gasteiger partial charge on any atom is -0.245 e. The molecule has 4 heteroatoms. The molecule has 0 fully saturated rings. The molecule has 0 N–H and O–H groups in total. The van der Waals surface area contributed by atoms with Crippen LogP contribution in [0.4, 0.5) is 0 Å². The molecule has 0 saturated heterocycles. The Labute approximate surface area is 123 Å². The van der Waals surface area contributed by atoms with E-state index in [1.165, 1.54) is 0 Å². The second-order valence-corrected chi connectivity index (χ2v) is 5.23. The number of hydrogen-bond acceptors (Lipinski definition) is 2. The molecule has 2 aromatic carbocycles. The summed E-state index contributed by atoms with van der Waals surface area (Å²) in [6.07, 6.45) is 2.24. The van der Waals surface area contributed by atoms with Gasteiger partial charge in [-0.15, -0.1) is 5.10 Å². The van der Waals surface area contributed by atoms with Crippen LogP contribution in [0.15, 0.2) is 42.5 Å². The van der Waals surface area contributed by atoms with Crippen molar-refractivity contribution in [3.63, 3.8) is 0 Å². The van der Waals surface area contributed by atoms with Gasteiger partial charge in [0.1, 0.15) is 5.52 Å². The number of nitrogens with zero attached hydrogens (tertiary/aromatic N) is 3. The smallest absolute Gasteiger partial charge is 0.122 e. The Kier molecular flexibility index (Phi) is 3.70. The molecule has 0 unspecified atom stereocenters. The maximum absolute atomic E-state index is 6.37. The van der Waals surface area contributed by atoms with Crippen LogP contribution in [-0.4, -0.2) is 15.0 Å². The summed E-state index contributed by atoms with van der Waals surface area (Å²) in [6, 6.07) is 14.0. The number of aryl methyl sites for hydroxylation is 1. The molecule has 1 heterocycles. The largest absolute Gasteiger partial charge is 0.245 e. The van der Waals surface area contributed by atoms with Gasteiger partial charge in [-0.25, -0.2) is 4.68 Å². The highest BCUT2D eigenvalue weighted by atomic mass is 35.5. The van der Waals surface area contributed by atoms with Crippen LogP contribution in [0.1, 0.15) is 19.8 Å². The lowest BCUT2D eigenvalue weighted by Gasteiger charge is -2.06. The Bertz CT molecular complexity index is 719. The van der Waals surface area contributed by atoms with Gasteiger partial charge in [0.05, 0.1) is 10.5 Å². The van der Waals surface area contributed by atoms with Crippen LogP contribution >= 0.6 is 11.6 Å². The summed E-state index contributed by atoms with van der Waals surface area (Å²) < 4.78 is 1.96. The van der Waals surface area contributed by atoms with E-state index >= 15 is 0 Å². The highest BCUT2D eigenvalue weighted by Gasteiger charge is 2.13. The van der Waals surface area contributed by atoms with E-state index in [2.05, 4.69) is 17.2 Å². The van der Waals surface area contributed by atoms with Gasteiger partial charge < -0.3 is 0 Å². The van der Waals surface area contributed by atoms with Crippen molar-refractivity contribution in [2.75, 3.05) is 0 Å². The zero-order valence-corrected chi connectivity index (χ0v) is 12.1. The fraction of sp³-hybridized carbons (Fsp3) is 0.250. The molecule has 0 bridgehead atoms. The molecular formula is C16H16ClN3. The van der Waals surface area contributed by atoms with Crippen LogP contribution in [0.3, 0.4) is 0 Å². The predicted molar refractivity (Wildman–Crippen MR) is 82.9 cm³/mol. The van der Waals surface area contributed by atoms with Gasteiger partial charge in [0.15, 0.2) is 0 Å². The maximum atomic E-state index is 6.37. The molecule has 1 aromatic heterocycles. The molecule has 3 nitrogen and oxygen atoms in total. The van der Waals surface area contributed by atoms with Crippen molar-refractivity contribution in [2.24, 2.45) is 0 Å². The third-order valence-electron chi connectivity index (χ3n) is 3.42. The molecule has 0 saturated carbocycles. The van der Waals surface area contributed by atoms with Gasteiger partial charge in [-0.3, -0.25) is 0 Å². The summed E-state index contributed by atoms with van der Waals surface area (Å²) in [7, 11) is 0. The molecule has 0 amide bonds. The first-order valence-electron chi connectivity index (χ1n) is 6.88.